The molecule has 0 spiro atoms. The van der Waals surface area contributed by atoms with E-state index in [1.807, 2.05) is 35.7 Å². The van der Waals surface area contributed by atoms with Crippen molar-refractivity contribution in [3.05, 3.63) is 65.3 Å². The molecule has 0 bridgehead atoms. The van der Waals surface area contributed by atoms with Gasteiger partial charge in [0.2, 0.25) is 5.91 Å². The van der Waals surface area contributed by atoms with E-state index in [0.717, 1.165) is 33.8 Å². The molecule has 0 radical (unpaired) electrons. The van der Waals surface area contributed by atoms with Crippen LogP contribution in [0, 0.1) is 5.82 Å². The van der Waals surface area contributed by atoms with E-state index < -0.39 is 0 Å². The zero-order chi connectivity index (χ0) is 16.9. The molecule has 1 N–H and O–H groups in total. The van der Waals surface area contributed by atoms with Crippen LogP contribution in [-0.4, -0.2) is 17.4 Å². The Balaban J connectivity index is 1.72. The number of benzene rings is 2. The van der Waals surface area contributed by atoms with Crippen molar-refractivity contribution in [1.82, 2.24) is 10.3 Å². The summed E-state index contributed by atoms with van der Waals surface area (Å²) in [4.78, 5) is 15.5. The maximum atomic E-state index is 13.3. The van der Waals surface area contributed by atoms with Crippen molar-refractivity contribution in [2.24, 2.45) is 0 Å². The first-order chi connectivity index (χ1) is 11.6. The number of amides is 1. The van der Waals surface area contributed by atoms with Crippen LogP contribution >= 0.6 is 11.3 Å². The van der Waals surface area contributed by atoms with Gasteiger partial charge < -0.3 is 5.32 Å². The van der Waals surface area contributed by atoms with Crippen LogP contribution in [0.15, 0.2) is 53.9 Å². The minimum absolute atomic E-state index is 0.0148. The fraction of sp³-hybridized carbons (Fsp3) is 0.158. The number of hydrogen-bond acceptors (Lipinski definition) is 3. The Hall–Kier alpha value is -2.53. The van der Waals surface area contributed by atoms with Crippen LogP contribution in [0.5, 0.6) is 0 Å². The number of carbonyl (C=O) groups is 1. The molecule has 3 aromatic rings. The number of aromatic nitrogens is 1. The van der Waals surface area contributed by atoms with Crippen molar-refractivity contribution in [1.29, 1.82) is 0 Å². The molecular weight excluding hydrogens is 323 g/mol. The molecule has 0 atom stereocenters. The summed E-state index contributed by atoms with van der Waals surface area (Å²) in [5, 5.41) is 5.57. The molecule has 3 rings (SSSR count). The molecule has 0 aliphatic heterocycles. The molecule has 24 heavy (non-hydrogen) atoms. The van der Waals surface area contributed by atoms with Gasteiger partial charge in [0.1, 0.15) is 10.8 Å². The number of nitrogens with zero attached hydrogens (tertiary/aromatic N) is 1. The number of carbonyl (C=O) groups excluding carboxylic acids is 1. The van der Waals surface area contributed by atoms with E-state index in [4.69, 9.17) is 0 Å². The largest absolute Gasteiger partial charge is 0.356 e. The number of nitrogens with one attached hydrogen (secondary N) is 1. The van der Waals surface area contributed by atoms with Crippen LogP contribution in [0.25, 0.3) is 21.8 Å². The number of thiazole rings is 1. The summed E-state index contributed by atoms with van der Waals surface area (Å²) in [5.41, 5.74) is 3.86. The standard InChI is InChI=1S/C19H17FN2OS/c1-13(23)21-10-9-14-5-7-15(8-6-14)18-12-24-19(22-18)16-3-2-4-17(20)11-16/h2-8,11-12H,9-10H2,1H3,(H,21,23). The van der Waals surface area contributed by atoms with E-state index in [0.29, 0.717) is 6.54 Å². The van der Waals surface area contributed by atoms with Crippen LogP contribution in [0.2, 0.25) is 0 Å². The number of halogens is 1. The van der Waals surface area contributed by atoms with Gasteiger partial charge in [-0.15, -0.1) is 11.3 Å². The van der Waals surface area contributed by atoms with Crippen LogP contribution in [0.4, 0.5) is 4.39 Å². The normalized spacial score (nSPS) is 10.6. The molecule has 2 aromatic carbocycles. The average Bonchev–Trinajstić information content (AvgIpc) is 3.05. The second kappa shape index (κ2) is 7.36. The third kappa shape index (κ3) is 4.06. The Morgan fingerprint density at radius 1 is 1.17 bits per heavy atom. The molecule has 1 amide bonds. The lowest BCUT2D eigenvalue weighted by molar-refractivity contribution is -0.118. The summed E-state index contributed by atoms with van der Waals surface area (Å²) in [6.07, 6.45) is 0.797. The molecule has 1 heterocycles. The van der Waals surface area contributed by atoms with Crippen molar-refractivity contribution in [2.45, 2.75) is 13.3 Å². The molecule has 0 unspecified atom stereocenters. The maximum absolute atomic E-state index is 13.3. The van der Waals surface area contributed by atoms with Gasteiger partial charge in [-0.1, -0.05) is 36.4 Å². The van der Waals surface area contributed by atoms with Gasteiger partial charge in [-0.25, -0.2) is 9.37 Å². The quantitative estimate of drug-likeness (QED) is 0.752. The minimum atomic E-state index is -0.257. The van der Waals surface area contributed by atoms with E-state index in [1.54, 1.807) is 6.07 Å². The second-order valence-corrected chi connectivity index (χ2v) is 6.34. The second-order valence-electron chi connectivity index (χ2n) is 5.48. The molecule has 3 nitrogen and oxygen atoms in total. The fourth-order valence-corrected chi connectivity index (χ4v) is 3.21. The zero-order valence-electron chi connectivity index (χ0n) is 13.3. The molecule has 122 valence electrons. The van der Waals surface area contributed by atoms with E-state index in [1.165, 1.54) is 30.4 Å². The Morgan fingerprint density at radius 3 is 2.67 bits per heavy atom. The van der Waals surface area contributed by atoms with Gasteiger partial charge in [0.05, 0.1) is 5.69 Å². The fourth-order valence-electron chi connectivity index (χ4n) is 2.39. The Morgan fingerprint density at radius 2 is 1.96 bits per heavy atom. The van der Waals surface area contributed by atoms with Gasteiger partial charge in [0, 0.05) is 30.0 Å². The maximum Gasteiger partial charge on any atom is 0.216 e. The SMILES string of the molecule is CC(=O)NCCc1ccc(-c2csc(-c3cccc(F)c3)n2)cc1. The summed E-state index contributed by atoms with van der Waals surface area (Å²) in [6.45, 7) is 2.15. The van der Waals surface area contributed by atoms with Crippen LogP contribution in [0.3, 0.4) is 0 Å². The van der Waals surface area contributed by atoms with Crippen molar-refractivity contribution in [2.75, 3.05) is 6.54 Å². The topological polar surface area (TPSA) is 42.0 Å². The van der Waals surface area contributed by atoms with Gasteiger partial charge in [0.15, 0.2) is 0 Å². The van der Waals surface area contributed by atoms with Gasteiger partial charge in [0.25, 0.3) is 0 Å². The predicted octanol–water partition coefficient (Wildman–Crippen LogP) is 4.29. The van der Waals surface area contributed by atoms with Crippen molar-refractivity contribution < 1.29 is 9.18 Å². The number of rotatable bonds is 5. The summed E-state index contributed by atoms with van der Waals surface area (Å²) in [6, 6.07) is 14.6. The Kier molecular flexibility index (Phi) is 5.01. The summed E-state index contributed by atoms with van der Waals surface area (Å²) < 4.78 is 13.3. The lowest BCUT2D eigenvalue weighted by Gasteiger charge is -2.03. The van der Waals surface area contributed by atoms with Crippen molar-refractivity contribution in [3.63, 3.8) is 0 Å². The highest BCUT2D eigenvalue weighted by molar-refractivity contribution is 7.13. The average molecular weight is 340 g/mol. The number of hydrogen-bond donors (Lipinski definition) is 1. The van der Waals surface area contributed by atoms with E-state index >= 15 is 0 Å². The summed E-state index contributed by atoms with van der Waals surface area (Å²) in [5.74, 6) is -0.272. The Bertz CT molecular complexity index is 843. The lowest BCUT2D eigenvalue weighted by Crippen LogP contribution is -2.22. The third-order valence-electron chi connectivity index (χ3n) is 3.61. The van der Waals surface area contributed by atoms with Crippen molar-refractivity contribution in [3.8, 4) is 21.8 Å². The highest BCUT2D eigenvalue weighted by Gasteiger charge is 2.07. The van der Waals surface area contributed by atoms with E-state index in [9.17, 15) is 9.18 Å². The first kappa shape index (κ1) is 16.3. The monoisotopic (exact) mass is 340 g/mol. The summed E-state index contributed by atoms with van der Waals surface area (Å²) in [7, 11) is 0. The van der Waals surface area contributed by atoms with Crippen LogP contribution in [-0.2, 0) is 11.2 Å². The van der Waals surface area contributed by atoms with Gasteiger partial charge >= 0.3 is 0 Å². The Labute approximate surface area is 144 Å². The first-order valence-electron chi connectivity index (χ1n) is 7.67. The molecule has 0 fully saturated rings. The third-order valence-corrected chi connectivity index (χ3v) is 4.50. The van der Waals surface area contributed by atoms with E-state index in [2.05, 4.69) is 10.3 Å². The van der Waals surface area contributed by atoms with Gasteiger partial charge in [-0.2, -0.15) is 0 Å². The van der Waals surface area contributed by atoms with Gasteiger partial charge in [-0.3, -0.25) is 4.79 Å². The molecule has 0 saturated heterocycles. The van der Waals surface area contributed by atoms with Crippen molar-refractivity contribution >= 4 is 17.2 Å². The van der Waals surface area contributed by atoms with Crippen LogP contribution < -0.4 is 5.32 Å². The lowest BCUT2D eigenvalue weighted by atomic mass is 10.1. The predicted molar refractivity (Wildman–Crippen MR) is 95.3 cm³/mol. The highest BCUT2D eigenvalue weighted by atomic mass is 32.1. The molecule has 0 aliphatic rings. The minimum Gasteiger partial charge on any atom is -0.356 e. The first-order valence-corrected chi connectivity index (χ1v) is 8.55. The van der Waals surface area contributed by atoms with Crippen LogP contribution in [0.1, 0.15) is 12.5 Å². The highest BCUT2D eigenvalue weighted by Crippen LogP contribution is 2.29. The van der Waals surface area contributed by atoms with Gasteiger partial charge in [-0.05, 0) is 24.1 Å². The summed E-state index contributed by atoms with van der Waals surface area (Å²) >= 11 is 1.50. The van der Waals surface area contributed by atoms with E-state index in [-0.39, 0.29) is 11.7 Å². The molecular formula is C19H17FN2OS. The molecule has 0 aliphatic carbocycles. The molecule has 0 saturated carbocycles. The molecule has 5 heteroatoms. The zero-order valence-corrected chi connectivity index (χ0v) is 14.1. The molecule has 1 aromatic heterocycles. The smallest absolute Gasteiger partial charge is 0.216 e.